The van der Waals surface area contributed by atoms with Gasteiger partial charge in [0.25, 0.3) is 0 Å². The van der Waals surface area contributed by atoms with Gasteiger partial charge in [0.15, 0.2) is 5.71 Å². The lowest BCUT2D eigenvalue weighted by atomic mass is 9.67. The molecule has 0 N–H and O–H groups in total. The van der Waals surface area contributed by atoms with Crippen LogP contribution in [0.15, 0.2) is 11.6 Å². The van der Waals surface area contributed by atoms with E-state index in [2.05, 4.69) is 96.1 Å². The molecule has 0 aromatic rings. The molecule has 0 radical (unpaired) electrons. The fourth-order valence-electron chi connectivity index (χ4n) is 5.57. The minimum Gasteiger partial charge on any atom is -0.624 e. The van der Waals surface area contributed by atoms with Crippen molar-refractivity contribution in [3.05, 3.63) is 16.9 Å². The molecule has 0 aliphatic carbocycles. The van der Waals surface area contributed by atoms with E-state index in [0.29, 0.717) is 12.0 Å². The van der Waals surface area contributed by atoms with Crippen LogP contribution in [0.3, 0.4) is 0 Å². The zero-order valence-electron chi connectivity index (χ0n) is 29.5. The molecule has 2 fully saturated rings. The quantitative estimate of drug-likeness (QED) is 0.0940. The molecule has 0 bridgehead atoms. The lowest BCUT2D eigenvalue weighted by Gasteiger charge is -2.40. The zero-order valence-corrected chi connectivity index (χ0v) is 29.5. The van der Waals surface area contributed by atoms with E-state index in [1.807, 2.05) is 24.2 Å². The highest BCUT2D eigenvalue weighted by atomic mass is 16.7. The highest BCUT2D eigenvalue weighted by Crippen LogP contribution is 2.49. The Balaban J connectivity index is -0.0000000677. The molecule has 6 heteroatoms. The molecule has 2 heterocycles. The van der Waals surface area contributed by atoms with Crippen LogP contribution in [0.1, 0.15) is 187 Å². The number of allylic oxidation sites excluding steroid dienone is 2. The standard InChI is InChI=1S/2C11H23NO.C7H14.C4H9NO.6CH4/c1-7-9-11(5,8-2)10(3,4)12(6)13-9;1-7-9-10(3,4)12(6)13-11(9,5)8-2;1-4-6-7(3)5-2;1-4(2)5(3)6;;;;;;/h2*9H,7-8H2,1-6H3;6H,4-5H2,1-3H3;1-3H3;6*1H4/b;;7-6-;;;;;;;. The summed E-state index contributed by atoms with van der Waals surface area (Å²) in [4.78, 5) is 11.8. The molecule has 0 aromatic carbocycles. The van der Waals surface area contributed by atoms with Crippen LogP contribution in [0.4, 0.5) is 0 Å². The van der Waals surface area contributed by atoms with Gasteiger partial charge in [0.1, 0.15) is 7.05 Å². The van der Waals surface area contributed by atoms with Crippen molar-refractivity contribution in [1.29, 1.82) is 0 Å². The van der Waals surface area contributed by atoms with E-state index in [1.165, 1.54) is 38.3 Å². The van der Waals surface area contributed by atoms with Crippen molar-refractivity contribution in [3.63, 3.8) is 0 Å². The summed E-state index contributed by atoms with van der Waals surface area (Å²) in [5.41, 5.74) is 2.91. The Labute approximate surface area is 288 Å². The first kappa shape index (κ1) is 62.8. The molecule has 2 aliphatic heterocycles. The van der Waals surface area contributed by atoms with Gasteiger partial charge in [-0.15, -0.1) is 0 Å². The van der Waals surface area contributed by atoms with E-state index >= 15 is 0 Å². The van der Waals surface area contributed by atoms with Crippen molar-refractivity contribution >= 4 is 5.71 Å². The van der Waals surface area contributed by atoms with Gasteiger partial charge >= 0.3 is 0 Å². The van der Waals surface area contributed by atoms with E-state index in [-0.39, 0.29) is 66.7 Å². The van der Waals surface area contributed by atoms with Gasteiger partial charge in [0.2, 0.25) is 0 Å². The highest BCUT2D eigenvalue weighted by molar-refractivity contribution is 5.73. The summed E-state index contributed by atoms with van der Waals surface area (Å²) in [7, 11) is 5.57. The summed E-state index contributed by atoms with van der Waals surface area (Å²) < 4.78 is 0.833. The van der Waals surface area contributed by atoms with Gasteiger partial charge in [-0.2, -0.15) is 10.1 Å². The van der Waals surface area contributed by atoms with Crippen molar-refractivity contribution in [2.24, 2.45) is 11.3 Å². The van der Waals surface area contributed by atoms with Crippen molar-refractivity contribution in [1.82, 2.24) is 10.1 Å². The van der Waals surface area contributed by atoms with Crippen molar-refractivity contribution in [2.75, 3.05) is 21.1 Å². The topological polar surface area (TPSA) is 51.0 Å². The molecule has 0 saturated carbocycles. The molecule has 45 heavy (non-hydrogen) atoms. The molecular weight excluding hydrogens is 558 g/mol. The predicted octanol–water partition coefficient (Wildman–Crippen LogP) is 12.9. The van der Waals surface area contributed by atoms with E-state index in [4.69, 9.17) is 9.68 Å². The van der Waals surface area contributed by atoms with Gasteiger partial charge in [-0.1, -0.05) is 105 Å². The molecule has 0 amide bonds. The maximum Gasteiger partial charge on any atom is 0.157 e. The molecule has 6 nitrogen and oxygen atoms in total. The molecule has 4 atom stereocenters. The summed E-state index contributed by atoms with van der Waals surface area (Å²) >= 11 is 0. The number of hydroxylamine groups is 5. The molecule has 0 spiro atoms. The zero-order chi connectivity index (χ0) is 31.4. The Kier molecular flexibility index (Phi) is 37.8. The normalized spacial score (nSPS) is 25.9. The SMILES string of the molecule is C.C.C.C.C.C.CC(C)=[N+](C)[O-].CC/C=C(/C)CC.CCC1C(C)(CC)ON(C)C1(C)C.CCC1ON(C)C(C)(C)C1(C)CC. The van der Waals surface area contributed by atoms with Crippen LogP contribution in [0.25, 0.3) is 0 Å². The third-order valence-corrected chi connectivity index (χ3v) is 9.88. The smallest absolute Gasteiger partial charge is 0.157 e. The first-order valence-corrected chi connectivity index (χ1v) is 15.4. The van der Waals surface area contributed by atoms with Crippen molar-refractivity contribution in [2.45, 2.75) is 210 Å². The number of rotatable bonds is 6. The molecule has 0 aromatic heterocycles. The second-order valence-corrected chi connectivity index (χ2v) is 13.0. The first-order chi connectivity index (χ1) is 17.7. The largest absolute Gasteiger partial charge is 0.624 e. The second-order valence-electron chi connectivity index (χ2n) is 13.0. The highest BCUT2D eigenvalue weighted by Gasteiger charge is 2.55. The third-order valence-electron chi connectivity index (χ3n) is 9.88. The molecule has 4 unspecified atom stereocenters. The minimum atomic E-state index is 0. The van der Waals surface area contributed by atoms with E-state index in [9.17, 15) is 5.21 Å². The Hall–Kier alpha value is -0.950. The van der Waals surface area contributed by atoms with Gasteiger partial charge in [-0.25, -0.2) is 4.74 Å². The lowest BCUT2D eigenvalue weighted by Crippen LogP contribution is -2.47. The van der Waals surface area contributed by atoms with Crippen molar-refractivity contribution in [3.8, 4) is 0 Å². The van der Waals surface area contributed by atoms with Gasteiger partial charge in [-0.3, -0.25) is 9.68 Å². The Morgan fingerprint density at radius 3 is 1.38 bits per heavy atom. The van der Waals surface area contributed by atoms with Crippen LogP contribution in [-0.2, 0) is 9.68 Å². The summed E-state index contributed by atoms with van der Waals surface area (Å²) in [6.45, 7) is 32.6. The average molecular weight is 652 g/mol. The van der Waals surface area contributed by atoms with Crippen LogP contribution in [0.5, 0.6) is 0 Å². The van der Waals surface area contributed by atoms with Crippen LogP contribution in [0, 0.1) is 16.5 Å². The third kappa shape index (κ3) is 16.6. The van der Waals surface area contributed by atoms with E-state index in [1.54, 1.807) is 13.8 Å². The van der Waals surface area contributed by atoms with Crippen LogP contribution in [-0.4, -0.2) is 64.5 Å². The lowest BCUT2D eigenvalue weighted by molar-refractivity contribution is -0.423. The summed E-state index contributed by atoms with van der Waals surface area (Å²) in [5, 5.41) is 14.1. The van der Waals surface area contributed by atoms with Gasteiger partial charge in [0, 0.05) is 50.4 Å². The first-order valence-electron chi connectivity index (χ1n) is 15.4. The monoisotopic (exact) mass is 652 g/mol. The molecule has 2 aliphatic rings. The number of hydrogen-bond acceptors (Lipinski definition) is 5. The van der Waals surface area contributed by atoms with Gasteiger partial charge < -0.3 is 5.21 Å². The molecule has 2 saturated heterocycles. The maximum absolute atomic E-state index is 10.0. The Morgan fingerprint density at radius 2 is 1.18 bits per heavy atom. The van der Waals surface area contributed by atoms with E-state index in [0.717, 1.165) is 23.3 Å². The summed E-state index contributed by atoms with van der Waals surface area (Å²) in [6.07, 6.45) is 9.55. The number of nitrogens with zero attached hydrogens (tertiary/aromatic N) is 3. The summed E-state index contributed by atoms with van der Waals surface area (Å²) in [5.74, 6) is 0.620. The Bertz CT molecular complexity index is 745. The average Bonchev–Trinajstić information content (AvgIpc) is 3.16. The predicted molar refractivity (Wildman–Crippen MR) is 211 cm³/mol. The molecular formula is C39H93N3O3. The van der Waals surface area contributed by atoms with Crippen LogP contribution < -0.4 is 0 Å². The van der Waals surface area contributed by atoms with Crippen LogP contribution in [0.2, 0.25) is 0 Å². The maximum atomic E-state index is 10.0. The molecule has 2 rings (SSSR count). The molecule has 282 valence electrons. The fourth-order valence-corrected chi connectivity index (χ4v) is 5.57. The van der Waals surface area contributed by atoms with Crippen LogP contribution >= 0.6 is 0 Å². The second kappa shape index (κ2) is 27.0. The van der Waals surface area contributed by atoms with E-state index < -0.39 is 0 Å². The fraction of sp³-hybridized carbons (Fsp3) is 0.923. The van der Waals surface area contributed by atoms with Gasteiger partial charge in [0.05, 0.1) is 11.7 Å². The van der Waals surface area contributed by atoms with Crippen molar-refractivity contribution < 1.29 is 14.4 Å². The number of hydrogen-bond donors (Lipinski definition) is 0. The Morgan fingerprint density at radius 1 is 0.756 bits per heavy atom. The summed E-state index contributed by atoms with van der Waals surface area (Å²) in [6, 6.07) is 0. The minimum absolute atomic E-state index is 0. The van der Waals surface area contributed by atoms with Gasteiger partial charge in [-0.05, 0) is 80.1 Å².